The predicted molar refractivity (Wildman–Crippen MR) is 95.9 cm³/mol. The lowest BCUT2D eigenvalue weighted by Crippen LogP contribution is -2.15. The van der Waals surface area contributed by atoms with E-state index in [-0.39, 0.29) is 11.2 Å². The summed E-state index contributed by atoms with van der Waals surface area (Å²) >= 11 is 0. The average molecular weight is 322 g/mol. The quantitative estimate of drug-likeness (QED) is 0.609. The van der Waals surface area contributed by atoms with E-state index in [1.165, 1.54) is 5.56 Å². The van der Waals surface area contributed by atoms with Gasteiger partial charge in [-0.2, -0.15) is 0 Å². The number of hydrogen-bond acceptors (Lipinski definition) is 3. The number of fused-ring (bicyclic) bond motifs is 1. The predicted octanol–water partition coefficient (Wildman–Crippen LogP) is 4.65. The monoisotopic (exact) mass is 322 g/mol. The highest BCUT2D eigenvalue weighted by Crippen LogP contribution is 2.31. The standard InChI is InChI=1S/C21H22O3/c1-21(2,3)17-8-4-15(5-9-17)6-10-18(22)16-7-11-19-20(14-16)24-13-12-23-19/h4-11,14H,12-13H2,1-3H3/b10-6+. The van der Waals surface area contributed by atoms with Crippen molar-refractivity contribution in [3.8, 4) is 11.5 Å². The highest BCUT2D eigenvalue weighted by atomic mass is 16.6. The summed E-state index contributed by atoms with van der Waals surface area (Å²) in [7, 11) is 0. The highest BCUT2D eigenvalue weighted by Gasteiger charge is 2.14. The molecule has 24 heavy (non-hydrogen) atoms. The molecule has 0 amide bonds. The van der Waals surface area contributed by atoms with Gasteiger partial charge >= 0.3 is 0 Å². The first-order valence-corrected chi connectivity index (χ1v) is 8.16. The van der Waals surface area contributed by atoms with Crippen molar-refractivity contribution in [3.63, 3.8) is 0 Å². The lowest BCUT2D eigenvalue weighted by Gasteiger charge is -2.18. The lowest BCUT2D eigenvalue weighted by molar-refractivity contribution is 0.104. The first-order chi connectivity index (χ1) is 11.4. The molecule has 0 aromatic heterocycles. The zero-order valence-corrected chi connectivity index (χ0v) is 14.3. The minimum Gasteiger partial charge on any atom is -0.486 e. The molecule has 0 saturated heterocycles. The van der Waals surface area contributed by atoms with Crippen LogP contribution in [0.2, 0.25) is 0 Å². The normalized spacial score (nSPS) is 14.0. The molecule has 0 saturated carbocycles. The second kappa shape index (κ2) is 6.52. The van der Waals surface area contributed by atoms with Gasteiger partial charge in [0.05, 0.1) is 0 Å². The van der Waals surface area contributed by atoms with Crippen LogP contribution in [0.25, 0.3) is 6.08 Å². The fourth-order valence-electron chi connectivity index (χ4n) is 2.56. The maximum Gasteiger partial charge on any atom is 0.185 e. The van der Waals surface area contributed by atoms with Gasteiger partial charge < -0.3 is 9.47 Å². The first-order valence-electron chi connectivity index (χ1n) is 8.16. The smallest absolute Gasteiger partial charge is 0.185 e. The number of benzene rings is 2. The van der Waals surface area contributed by atoms with E-state index in [1.54, 1.807) is 24.3 Å². The molecule has 1 aliphatic rings. The zero-order valence-electron chi connectivity index (χ0n) is 14.3. The summed E-state index contributed by atoms with van der Waals surface area (Å²) in [5.74, 6) is 1.28. The van der Waals surface area contributed by atoms with Crippen molar-refractivity contribution in [3.05, 3.63) is 65.2 Å². The van der Waals surface area contributed by atoms with Gasteiger partial charge in [0.1, 0.15) is 13.2 Å². The molecule has 0 aliphatic carbocycles. The number of ketones is 1. The van der Waals surface area contributed by atoms with Gasteiger partial charge in [0.25, 0.3) is 0 Å². The van der Waals surface area contributed by atoms with E-state index in [0.717, 1.165) is 5.56 Å². The number of rotatable bonds is 3. The van der Waals surface area contributed by atoms with Crippen LogP contribution in [0.4, 0.5) is 0 Å². The largest absolute Gasteiger partial charge is 0.486 e. The zero-order chi connectivity index (χ0) is 17.2. The van der Waals surface area contributed by atoms with Gasteiger partial charge in [0.2, 0.25) is 0 Å². The second-order valence-electron chi connectivity index (χ2n) is 6.93. The topological polar surface area (TPSA) is 35.5 Å². The van der Waals surface area contributed by atoms with Crippen molar-refractivity contribution < 1.29 is 14.3 Å². The Hall–Kier alpha value is -2.55. The molecule has 0 radical (unpaired) electrons. The maximum atomic E-state index is 12.3. The van der Waals surface area contributed by atoms with Crippen molar-refractivity contribution in [2.24, 2.45) is 0 Å². The fraction of sp³-hybridized carbons (Fsp3) is 0.286. The van der Waals surface area contributed by atoms with E-state index in [9.17, 15) is 4.79 Å². The summed E-state index contributed by atoms with van der Waals surface area (Å²) in [5, 5.41) is 0. The van der Waals surface area contributed by atoms with E-state index in [1.807, 2.05) is 18.2 Å². The van der Waals surface area contributed by atoms with Crippen molar-refractivity contribution in [1.82, 2.24) is 0 Å². The summed E-state index contributed by atoms with van der Waals surface area (Å²) < 4.78 is 11.0. The number of allylic oxidation sites excluding steroid dienone is 1. The molecule has 1 aliphatic heterocycles. The highest BCUT2D eigenvalue weighted by molar-refractivity contribution is 6.07. The molecule has 124 valence electrons. The van der Waals surface area contributed by atoms with Gasteiger partial charge in [-0.05, 0) is 40.8 Å². The minimum absolute atomic E-state index is 0.0492. The van der Waals surface area contributed by atoms with E-state index >= 15 is 0 Å². The Balaban J connectivity index is 1.73. The van der Waals surface area contributed by atoms with E-state index in [4.69, 9.17) is 9.47 Å². The molecule has 0 fully saturated rings. The molecular weight excluding hydrogens is 300 g/mol. The Morgan fingerprint density at radius 3 is 2.29 bits per heavy atom. The third kappa shape index (κ3) is 3.67. The Labute approximate surface area is 142 Å². The molecule has 0 bridgehead atoms. The number of carbonyl (C=O) groups excluding carboxylic acids is 1. The number of ether oxygens (including phenoxy) is 2. The first kappa shape index (κ1) is 16.3. The van der Waals surface area contributed by atoms with E-state index in [2.05, 4.69) is 32.9 Å². The Kier molecular flexibility index (Phi) is 4.43. The van der Waals surface area contributed by atoms with Crippen LogP contribution in [-0.2, 0) is 5.41 Å². The summed E-state index contributed by atoms with van der Waals surface area (Å²) in [6.45, 7) is 7.61. The van der Waals surface area contributed by atoms with Crippen LogP contribution in [0.1, 0.15) is 42.3 Å². The molecule has 2 aromatic carbocycles. The van der Waals surface area contributed by atoms with Gasteiger partial charge in [-0.3, -0.25) is 4.79 Å². The van der Waals surface area contributed by atoms with Crippen LogP contribution >= 0.6 is 0 Å². The third-order valence-electron chi connectivity index (χ3n) is 4.03. The van der Waals surface area contributed by atoms with Crippen LogP contribution in [0.5, 0.6) is 11.5 Å². The van der Waals surface area contributed by atoms with E-state index in [0.29, 0.717) is 30.3 Å². The van der Waals surface area contributed by atoms with Gasteiger partial charge in [-0.25, -0.2) is 0 Å². The fourth-order valence-corrected chi connectivity index (χ4v) is 2.56. The van der Waals surface area contributed by atoms with Gasteiger partial charge in [-0.1, -0.05) is 51.1 Å². The Morgan fingerprint density at radius 2 is 1.62 bits per heavy atom. The van der Waals surface area contributed by atoms with Gasteiger partial charge in [0.15, 0.2) is 17.3 Å². The van der Waals surface area contributed by atoms with Crippen LogP contribution in [-0.4, -0.2) is 19.0 Å². The number of hydrogen-bond donors (Lipinski definition) is 0. The third-order valence-corrected chi connectivity index (χ3v) is 4.03. The summed E-state index contributed by atoms with van der Waals surface area (Å²) in [6.07, 6.45) is 3.43. The Morgan fingerprint density at radius 1 is 0.958 bits per heavy atom. The molecule has 1 heterocycles. The number of carbonyl (C=O) groups is 1. The van der Waals surface area contributed by atoms with Crippen LogP contribution in [0.15, 0.2) is 48.5 Å². The Bertz CT molecular complexity index is 765. The molecule has 3 heteroatoms. The molecule has 3 nitrogen and oxygen atoms in total. The van der Waals surface area contributed by atoms with Crippen LogP contribution in [0.3, 0.4) is 0 Å². The summed E-state index contributed by atoms with van der Waals surface area (Å²) in [5.41, 5.74) is 3.01. The second-order valence-corrected chi connectivity index (χ2v) is 6.93. The van der Waals surface area contributed by atoms with Gasteiger partial charge in [0, 0.05) is 5.56 Å². The molecule has 2 aromatic rings. The van der Waals surface area contributed by atoms with Crippen molar-refractivity contribution in [1.29, 1.82) is 0 Å². The van der Waals surface area contributed by atoms with Crippen LogP contribution < -0.4 is 9.47 Å². The van der Waals surface area contributed by atoms with Crippen molar-refractivity contribution in [2.45, 2.75) is 26.2 Å². The van der Waals surface area contributed by atoms with Crippen molar-refractivity contribution in [2.75, 3.05) is 13.2 Å². The van der Waals surface area contributed by atoms with E-state index < -0.39 is 0 Å². The maximum absolute atomic E-state index is 12.3. The molecule has 0 spiro atoms. The lowest BCUT2D eigenvalue weighted by atomic mass is 9.87. The average Bonchev–Trinajstić information content (AvgIpc) is 2.59. The molecule has 0 atom stereocenters. The molecular formula is C21H22O3. The summed E-state index contributed by atoms with van der Waals surface area (Å²) in [4.78, 5) is 12.3. The molecule has 0 N–H and O–H groups in total. The SMILES string of the molecule is CC(C)(C)c1ccc(/C=C/C(=O)c2ccc3c(c2)OCCO3)cc1. The van der Waals surface area contributed by atoms with Crippen LogP contribution in [0, 0.1) is 0 Å². The minimum atomic E-state index is -0.0492. The van der Waals surface area contributed by atoms with Gasteiger partial charge in [-0.15, -0.1) is 0 Å². The van der Waals surface area contributed by atoms with Crippen molar-refractivity contribution >= 4 is 11.9 Å². The molecule has 0 unspecified atom stereocenters. The molecule has 3 rings (SSSR count). The summed E-state index contributed by atoms with van der Waals surface area (Å²) in [6, 6.07) is 13.6.